The Morgan fingerprint density at radius 2 is 1.57 bits per heavy atom. The van der Waals surface area contributed by atoms with Gasteiger partial charge in [-0.15, -0.1) is 0 Å². The van der Waals surface area contributed by atoms with Gasteiger partial charge in [0, 0.05) is 0 Å². The molecule has 0 amide bonds. The molecule has 0 aromatic rings. The molecule has 0 heterocycles. The van der Waals surface area contributed by atoms with Gasteiger partial charge in [-0.05, 0) is 0 Å². The molecule has 0 saturated carbocycles. The van der Waals surface area contributed by atoms with E-state index in [1.54, 1.807) is 0 Å². The van der Waals surface area contributed by atoms with Gasteiger partial charge in [0.15, 0.2) is 6.29 Å². The van der Waals surface area contributed by atoms with Crippen LogP contribution in [0.5, 0.6) is 0 Å². The zero-order valence-corrected chi connectivity index (χ0v) is 7.64. The van der Waals surface area contributed by atoms with Crippen molar-refractivity contribution in [3.8, 4) is 0 Å². The van der Waals surface area contributed by atoms with Crippen LogP contribution in [0.1, 0.15) is 0 Å². The van der Waals surface area contributed by atoms with Crippen molar-refractivity contribution in [2.75, 3.05) is 0 Å². The van der Waals surface area contributed by atoms with Crippen LogP contribution in [0.15, 0.2) is 0 Å². The predicted octanol–water partition coefficient (Wildman–Crippen LogP) is -4.62. The Labute approximate surface area is 89.5 Å². The van der Waals surface area contributed by atoms with Gasteiger partial charge in [-0.1, -0.05) is 0 Å². The van der Waals surface area contributed by atoms with Gasteiger partial charge in [0.05, 0.1) is 5.97 Å². The molecule has 0 saturated heterocycles. The smallest absolute Gasteiger partial charge is 0.547 e. The standard InChI is InChI=1S/C6H10O7.Cu/c7-1-2(8)3(9)4(10)5(11)6(12)13;/h1-5,8-11H,(H,12,13);/q;+1/p-1/t2-,3+,4+,5-;/m0./s1. The summed E-state index contributed by atoms with van der Waals surface area (Å²) in [6.07, 6.45) is -8.65. The molecule has 0 spiro atoms. The van der Waals surface area contributed by atoms with E-state index < -0.39 is 30.4 Å². The number of aldehydes is 1. The molecular formula is C6H9CuO7. The molecule has 0 aliphatic rings. The van der Waals surface area contributed by atoms with Crippen molar-refractivity contribution in [1.82, 2.24) is 0 Å². The number of carboxylic acid groups (broad SMARTS) is 1. The second-order valence-corrected chi connectivity index (χ2v) is 2.37. The van der Waals surface area contributed by atoms with Gasteiger partial charge in [0.25, 0.3) is 0 Å². The van der Waals surface area contributed by atoms with Crippen LogP contribution in [-0.2, 0) is 26.7 Å². The van der Waals surface area contributed by atoms with Crippen LogP contribution in [0, 0.1) is 0 Å². The zero-order chi connectivity index (χ0) is 10.6. The Kier molecular flexibility index (Phi) is 7.84. The van der Waals surface area contributed by atoms with Crippen LogP contribution < -0.4 is 5.11 Å². The first-order chi connectivity index (χ1) is 5.91. The normalized spacial score (nSPS) is 18.6. The fourth-order valence-corrected chi connectivity index (χ4v) is 0.609. The van der Waals surface area contributed by atoms with Crippen LogP contribution in [0.3, 0.4) is 0 Å². The van der Waals surface area contributed by atoms with E-state index in [-0.39, 0.29) is 23.4 Å². The molecule has 0 aromatic heterocycles. The molecule has 0 rings (SSSR count). The molecule has 8 heteroatoms. The van der Waals surface area contributed by atoms with Gasteiger partial charge < -0.3 is 35.1 Å². The van der Waals surface area contributed by atoms with Crippen LogP contribution in [-0.4, -0.2) is 57.1 Å². The first kappa shape index (κ1) is 15.9. The van der Waals surface area contributed by atoms with Gasteiger partial charge in [-0.25, -0.2) is 0 Å². The van der Waals surface area contributed by atoms with E-state index in [9.17, 15) is 14.7 Å². The first-order valence-corrected chi connectivity index (χ1v) is 3.30. The van der Waals surface area contributed by atoms with E-state index in [1.165, 1.54) is 0 Å². The molecular weight excluding hydrogens is 248 g/mol. The largest absolute Gasteiger partial charge is 1.00 e. The summed E-state index contributed by atoms with van der Waals surface area (Å²) >= 11 is 0. The predicted molar refractivity (Wildman–Crippen MR) is 35.1 cm³/mol. The SMILES string of the molecule is O=C[C@H](O)[C@@H](O)[C@@H](O)[C@H](O)C(=O)[O-].[Cu+]. The summed E-state index contributed by atoms with van der Waals surface area (Å²) in [7, 11) is 0. The van der Waals surface area contributed by atoms with Crippen LogP contribution in [0.4, 0.5) is 0 Å². The zero-order valence-electron chi connectivity index (χ0n) is 6.70. The van der Waals surface area contributed by atoms with Crippen LogP contribution in [0.25, 0.3) is 0 Å². The quantitative estimate of drug-likeness (QED) is 0.287. The molecule has 0 fully saturated rings. The van der Waals surface area contributed by atoms with Crippen LogP contribution >= 0.6 is 0 Å². The molecule has 0 aliphatic heterocycles. The van der Waals surface area contributed by atoms with Crippen molar-refractivity contribution in [3.63, 3.8) is 0 Å². The Morgan fingerprint density at radius 1 is 1.14 bits per heavy atom. The molecule has 86 valence electrons. The molecule has 0 bridgehead atoms. The number of aliphatic hydroxyl groups excluding tert-OH is 4. The average molecular weight is 257 g/mol. The Balaban J connectivity index is 0. The summed E-state index contributed by atoms with van der Waals surface area (Å²) in [5, 5.41) is 44.8. The van der Waals surface area contributed by atoms with Gasteiger partial charge in [0.1, 0.15) is 24.4 Å². The van der Waals surface area contributed by atoms with E-state index in [1.807, 2.05) is 0 Å². The summed E-state index contributed by atoms with van der Waals surface area (Å²) < 4.78 is 0. The van der Waals surface area contributed by atoms with E-state index >= 15 is 0 Å². The monoisotopic (exact) mass is 256 g/mol. The third-order valence-corrected chi connectivity index (χ3v) is 1.40. The molecule has 0 aromatic carbocycles. The maximum atomic E-state index is 9.95. The third kappa shape index (κ3) is 4.14. The van der Waals surface area contributed by atoms with Crippen LogP contribution in [0.2, 0.25) is 0 Å². The van der Waals surface area contributed by atoms with Gasteiger partial charge >= 0.3 is 17.1 Å². The molecule has 4 N–H and O–H groups in total. The number of rotatable bonds is 5. The maximum absolute atomic E-state index is 9.95. The minimum Gasteiger partial charge on any atom is -0.547 e. The van der Waals surface area contributed by atoms with Crippen molar-refractivity contribution < 1.29 is 52.2 Å². The molecule has 0 unspecified atom stereocenters. The van der Waals surface area contributed by atoms with Crippen molar-refractivity contribution in [1.29, 1.82) is 0 Å². The number of carboxylic acids is 1. The number of hydrogen-bond donors (Lipinski definition) is 4. The Morgan fingerprint density at radius 3 is 1.86 bits per heavy atom. The van der Waals surface area contributed by atoms with Gasteiger partial charge in [-0.2, -0.15) is 0 Å². The van der Waals surface area contributed by atoms with E-state index in [4.69, 9.17) is 20.4 Å². The number of carbonyl (C=O) groups is 2. The minimum absolute atomic E-state index is 0. The van der Waals surface area contributed by atoms with Crippen molar-refractivity contribution in [2.24, 2.45) is 0 Å². The molecule has 0 aliphatic carbocycles. The number of aliphatic hydroxyl groups is 4. The fraction of sp³-hybridized carbons (Fsp3) is 0.667. The number of aliphatic carboxylic acids is 1. The average Bonchev–Trinajstić information content (AvgIpc) is 2.12. The van der Waals surface area contributed by atoms with Gasteiger partial charge in [-0.3, -0.25) is 0 Å². The van der Waals surface area contributed by atoms with E-state index in [0.717, 1.165) is 0 Å². The van der Waals surface area contributed by atoms with E-state index in [2.05, 4.69) is 0 Å². The first-order valence-electron chi connectivity index (χ1n) is 3.30. The second-order valence-electron chi connectivity index (χ2n) is 2.37. The minimum atomic E-state index is -2.36. The summed E-state index contributed by atoms with van der Waals surface area (Å²) in [5.74, 6) is -2.01. The fourth-order valence-electron chi connectivity index (χ4n) is 0.609. The van der Waals surface area contributed by atoms with E-state index in [0.29, 0.717) is 0 Å². The molecule has 14 heavy (non-hydrogen) atoms. The molecule has 7 nitrogen and oxygen atoms in total. The Bertz CT molecular complexity index is 197. The number of carbonyl (C=O) groups excluding carboxylic acids is 2. The van der Waals surface area contributed by atoms with Gasteiger partial charge in [0.2, 0.25) is 0 Å². The third-order valence-electron chi connectivity index (χ3n) is 1.40. The van der Waals surface area contributed by atoms with Crippen molar-refractivity contribution in [2.45, 2.75) is 24.4 Å². The van der Waals surface area contributed by atoms with Crippen molar-refractivity contribution in [3.05, 3.63) is 0 Å². The summed E-state index contributed by atoms with van der Waals surface area (Å²) in [4.78, 5) is 19.8. The Hall–Kier alpha value is -0.501. The second kappa shape index (κ2) is 6.88. The number of hydrogen-bond acceptors (Lipinski definition) is 7. The summed E-state index contributed by atoms with van der Waals surface area (Å²) in [6, 6.07) is 0. The van der Waals surface area contributed by atoms with Crippen molar-refractivity contribution >= 4 is 12.3 Å². The maximum Gasteiger partial charge on any atom is 1.00 e. The molecule has 4 atom stereocenters. The molecule has 0 radical (unpaired) electrons. The summed E-state index contributed by atoms with van der Waals surface area (Å²) in [5.41, 5.74) is 0. The summed E-state index contributed by atoms with van der Waals surface area (Å²) in [6.45, 7) is 0. The topological polar surface area (TPSA) is 138 Å².